The van der Waals surface area contributed by atoms with E-state index >= 15 is 0 Å². The number of thiazole rings is 1. The molecule has 2 saturated heterocycles. The molecule has 0 aliphatic carbocycles. The van der Waals surface area contributed by atoms with Gasteiger partial charge >= 0.3 is 0 Å². The van der Waals surface area contributed by atoms with Crippen LogP contribution in [0.4, 0.5) is 0 Å². The minimum absolute atomic E-state index is 0.747. The molecule has 4 nitrogen and oxygen atoms in total. The number of benzene rings is 1. The Kier molecular flexibility index (Phi) is 4.94. The van der Waals surface area contributed by atoms with Gasteiger partial charge in [-0.25, -0.2) is 4.98 Å². The zero-order chi connectivity index (χ0) is 16.4. The minimum Gasteiger partial charge on any atom is -0.314 e. The lowest BCUT2D eigenvalue weighted by atomic mass is 10.2. The van der Waals surface area contributed by atoms with E-state index in [0.29, 0.717) is 0 Å². The summed E-state index contributed by atoms with van der Waals surface area (Å²) >= 11 is 1.84. The zero-order valence-corrected chi connectivity index (χ0v) is 15.2. The van der Waals surface area contributed by atoms with Crippen LogP contribution in [0.15, 0.2) is 30.5 Å². The van der Waals surface area contributed by atoms with Crippen molar-refractivity contribution >= 4 is 11.3 Å². The first-order valence-corrected chi connectivity index (χ1v) is 9.78. The topological polar surface area (TPSA) is 31.4 Å². The predicted molar refractivity (Wildman–Crippen MR) is 100 cm³/mol. The van der Waals surface area contributed by atoms with E-state index in [2.05, 4.69) is 57.5 Å². The fourth-order valence-electron chi connectivity index (χ4n) is 3.73. The smallest absolute Gasteiger partial charge is 0.123 e. The van der Waals surface area contributed by atoms with Crippen LogP contribution < -0.4 is 5.32 Å². The van der Waals surface area contributed by atoms with Crippen LogP contribution in [-0.4, -0.2) is 60.1 Å². The molecular weight excluding hydrogens is 316 g/mol. The molecule has 1 aromatic heterocycles. The van der Waals surface area contributed by atoms with E-state index in [-0.39, 0.29) is 0 Å². The summed E-state index contributed by atoms with van der Waals surface area (Å²) in [7, 11) is 0. The van der Waals surface area contributed by atoms with Crippen LogP contribution in [-0.2, 0) is 6.54 Å². The highest BCUT2D eigenvalue weighted by Gasteiger charge is 2.28. The number of nitrogens with one attached hydrogen (secondary N) is 1. The summed E-state index contributed by atoms with van der Waals surface area (Å²) in [6.45, 7) is 10.3. The first kappa shape index (κ1) is 16.2. The van der Waals surface area contributed by atoms with Gasteiger partial charge in [0.25, 0.3) is 0 Å². The Balaban J connectivity index is 1.35. The second kappa shape index (κ2) is 7.31. The first-order chi connectivity index (χ1) is 11.8. The number of hydrogen-bond donors (Lipinski definition) is 1. The summed E-state index contributed by atoms with van der Waals surface area (Å²) in [5.74, 6) is 0. The van der Waals surface area contributed by atoms with Crippen molar-refractivity contribution in [3.05, 3.63) is 40.9 Å². The van der Waals surface area contributed by atoms with Crippen molar-refractivity contribution in [3.63, 3.8) is 0 Å². The molecule has 2 aromatic rings. The Morgan fingerprint density at radius 3 is 2.75 bits per heavy atom. The van der Waals surface area contributed by atoms with Gasteiger partial charge in [0.15, 0.2) is 0 Å². The number of aryl methyl sites for hydroxylation is 1. The maximum absolute atomic E-state index is 4.64. The summed E-state index contributed by atoms with van der Waals surface area (Å²) in [4.78, 5) is 11.3. The van der Waals surface area contributed by atoms with Gasteiger partial charge < -0.3 is 5.32 Å². The molecule has 1 aromatic carbocycles. The molecule has 0 bridgehead atoms. The van der Waals surface area contributed by atoms with Crippen LogP contribution in [0.25, 0.3) is 10.6 Å². The molecule has 1 N–H and O–H groups in total. The number of rotatable bonds is 4. The van der Waals surface area contributed by atoms with Gasteiger partial charge in [0.1, 0.15) is 5.01 Å². The normalized spacial score (nSPS) is 23.0. The highest BCUT2D eigenvalue weighted by Crippen LogP contribution is 2.27. The van der Waals surface area contributed by atoms with E-state index in [1.165, 1.54) is 48.6 Å². The molecule has 0 radical (unpaired) electrons. The van der Waals surface area contributed by atoms with Crippen LogP contribution in [0.2, 0.25) is 0 Å². The number of nitrogens with zero attached hydrogens (tertiary/aromatic N) is 3. The molecule has 1 unspecified atom stereocenters. The second-order valence-electron chi connectivity index (χ2n) is 6.96. The van der Waals surface area contributed by atoms with E-state index < -0.39 is 0 Å². The molecule has 0 saturated carbocycles. The summed E-state index contributed by atoms with van der Waals surface area (Å²) in [5, 5.41) is 4.59. The van der Waals surface area contributed by atoms with Gasteiger partial charge in [0.05, 0.1) is 0 Å². The summed E-state index contributed by atoms with van der Waals surface area (Å²) in [6, 6.07) is 9.42. The minimum atomic E-state index is 0.747. The number of aromatic nitrogens is 1. The average Bonchev–Trinajstić information content (AvgIpc) is 3.27. The molecule has 0 spiro atoms. The molecule has 0 amide bonds. The van der Waals surface area contributed by atoms with E-state index in [0.717, 1.165) is 30.7 Å². The van der Waals surface area contributed by atoms with Crippen LogP contribution in [0.5, 0.6) is 0 Å². The van der Waals surface area contributed by atoms with Crippen molar-refractivity contribution in [1.82, 2.24) is 20.1 Å². The van der Waals surface area contributed by atoms with E-state index in [1.807, 2.05) is 11.3 Å². The van der Waals surface area contributed by atoms with Crippen molar-refractivity contribution in [2.24, 2.45) is 0 Å². The Bertz CT molecular complexity index is 660. The fraction of sp³-hybridized carbons (Fsp3) is 0.526. The monoisotopic (exact) mass is 342 g/mol. The third-order valence-electron chi connectivity index (χ3n) is 5.15. The lowest BCUT2D eigenvalue weighted by molar-refractivity contribution is 0.170. The fourth-order valence-corrected chi connectivity index (χ4v) is 4.69. The van der Waals surface area contributed by atoms with Gasteiger partial charge in [0.2, 0.25) is 0 Å². The maximum atomic E-state index is 4.64. The van der Waals surface area contributed by atoms with Crippen molar-refractivity contribution in [2.45, 2.75) is 25.9 Å². The highest BCUT2D eigenvalue weighted by atomic mass is 32.1. The van der Waals surface area contributed by atoms with Gasteiger partial charge in [-0.2, -0.15) is 0 Å². The molecule has 2 aliphatic rings. The quantitative estimate of drug-likeness (QED) is 0.925. The third-order valence-corrected chi connectivity index (χ3v) is 6.18. The van der Waals surface area contributed by atoms with E-state index in [1.54, 1.807) is 0 Å². The van der Waals surface area contributed by atoms with Gasteiger partial charge in [-0.15, -0.1) is 11.3 Å². The lowest BCUT2D eigenvalue weighted by Gasteiger charge is -2.32. The predicted octanol–water partition coefficient (Wildman–Crippen LogP) is 2.60. The Morgan fingerprint density at radius 2 is 1.96 bits per heavy atom. The van der Waals surface area contributed by atoms with Crippen molar-refractivity contribution in [3.8, 4) is 10.6 Å². The Morgan fingerprint density at radius 1 is 1.17 bits per heavy atom. The molecule has 128 valence electrons. The van der Waals surface area contributed by atoms with Crippen molar-refractivity contribution in [2.75, 3.05) is 39.3 Å². The van der Waals surface area contributed by atoms with Crippen LogP contribution in [0.1, 0.15) is 16.9 Å². The largest absolute Gasteiger partial charge is 0.314 e. The summed E-state index contributed by atoms with van der Waals surface area (Å²) < 4.78 is 0. The summed E-state index contributed by atoms with van der Waals surface area (Å²) in [6.07, 6.45) is 3.38. The SMILES string of the molecule is Cc1ccc(-c2ncc(CN3CCC(N4CCNCC4)C3)s2)cc1. The van der Waals surface area contributed by atoms with Crippen LogP contribution in [0, 0.1) is 6.92 Å². The van der Waals surface area contributed by atoms with Crippen LogP contribution in [0.3, 0.4) is 0 Å². The molecular formula is C19H26N4S. The second-order valence-corrected chi connectivity index (χ2v) is 8.08. The molecule has 2 fully saturated rings. The first-order valence-electron chi connectivity index (χ1n) is 8.97. The van der Waals surface area contributed by atoms with Gasteiger partial charge in [0, 0.05) is 68.5 Å². The molecule has 4 rings (SSSR count). The van der Waals surface area contributed by atoms with Crippen LogP contribution >= 0.6 is 11.3 Å². The van der Waals surface area contributed by atoms with Gasteiger partial charge in [-0.1, -0.05) is 29.8 Å². The zero-order valence-electron chi connectivity index (χ0n) is 14.4. The average molecular weight is 343 g/mol. The maximum Gasteiger partial charge on any atom is 0.123 e. The van der Waals surface area contributed by atoms with Gasteiger partial charge in [-0.05, 0) is 13.3 Å². The lowest BCUT2D eigenvalue weighted by Crippen LogP contribution is -2.49. The molecule has 24 heavy (non-hydrogen) atoms. The van der Waals surface area contributed by atoms with Gasteiger partial charge in [-0.3, -0.25) is 9.80 Å². The Labute approximate surface area is 148 Å². The third kappa shape index (κ3) is 3.70. The highest BCUT2D eigenvalue weighted by molar-refractivity contribution is 7.15. The number of piperazine rings is 1. The molecule has 3 heterocycles. The van der Waals surface area contributed by atoms with E-state index in [9.17, 15) is 0 Å². The Hall–Kier alpha value is -1.27. The molecule has 1 atom stereocenters. The van der Waals surface area contributed by atoms with Crippen molar-refractivity contribution in [1.29, 1.82) is 0 Å². The molecule has 5 heteroatoms. The van der Waals surface area contributed by atoms with Crippen molar-refractivity contribution < 1.29 is 0 Å². The standard InChI is InChI=1S/C19H26N4S/c1-15-2-4-16(5-3-15)19-21-12-18(24-19)14-22-9-6-17(13-22)23-10-7-20-8-11-23/h2-5,12,17,20H,6-11,13-14H2,1H3. The summed E-state index contributed by atoms with van der Waals surface area (Å²) in [5.41, 5.74) is 2.53. The number of likely N-dealkylation sites (tertiary alicyclic amines) is 1. The molecule has 2 aliphatic heterocycles. The van der Waals surface area contributed by atoms with E-state index in [4.69, 9.17) is 0 Å². The number of hydrogen-bond acceptors (Lipinski definition) is 5.